The van der Waals surface area contributed by atoms with Gasteiger partial charge in [0.15, 0.2) is 0 Å². The number of β-amino-alcohol motifs (C(OH)–C–C–N with tert-alkyl or cyclic N) is 1. The first-order chi connectivity index (χ1) is 6.95. The lowest BCUT2D eigenvalue weighted by Crippen LogP contribution is -2.60. The Hall–Kier alpha value is -0.160. The highest BCUT2D eigenvalue weighted by atomic mass is 16.3. The van der Waals surface area contributed by atoms with Crippen molar-refractivity contribution in [2.75, 3.05) is 39.3 Å². The van der Waals surface area contributed by atoms with Crippen molar-refractivity contribution in [1.29, 1.82) is 0 Å². The van der Waals surface area contributed by atoms with E-state index in [4.69, 9.17) is 5.73 Å². The summed E-state index contributed by atoms with van der Waals surface area (Å²) in [7, 11) is 0. The SMILES string of the molecule is CC(O)CN1CCN(CCN)C(C)(C)C1. The van der Waals surface area contributed by atoms with E-state index >= 15 is 0 Å². The Morgan fingerprint density at radius 1 is 1.40 bits per heavy atom. The highest BCUT2D eigenvalue weighted by molar-refractivity contribution is 4.90. The molecule has 0 aromatic heterocycles. The summed E-state index contributed by atoms with van der Waals surface area (Å²) in [5, 5.41) is 9.37. The summed E-state index contributed by atoms with van der Waals surface area (Å²) < 4.78 is 0. The predicted molar refractivity (Wildman–Crippen MR) is 62.8 cm³/mol. The van der Waals surface area contributed by atoms with E-state index in [0.29, 0.717) is 0 Å². The van der Waals surface area contributed by atoms with E-state index < -0.39 is 0 Å². The number of rotatable bonds is 4. The summed E-state index contributed by atoms with van der Waals surface area (Å²) in [6.45, 7) is 11.9. The molecule has 4 heteroatoms. The molecule has 0 radical (unpaired) electrons. The van der Waals surface area contributed by atoms with Gasteiger partial charge in [0.1, 0.15) is 0 Å². The second kappa shape index (κ2) is 5.25. The molecule has 1 aliphatic heterocycles. The van der Waals surface area contributed by atoms with Gasteiger partial charge in [0, 0.05) is 44.8 Å². The number of aliphatic hydroxyl groups excluding tert-OH is 1. The molecule has 0 aromatic rings. The minimum Gasteiger partial charge on any atom is -0.392 e. The van der Waals surface area contributed by atoms with Crippen molar-refractivity contribution in [2.24, 2.45) is 5.73 Å². The van der Waals surface area contributed by atoms with Crippen molar-refractivity contribution in [3.8, 4) is 0 Å². The van der Waals surface area contributed by atoms with Crippen LogP contribution in [0.1, 0.15) is 20.8 Å². The zero-order valence-corrected chi connectivity index (χ0v) is 10.2. The Bertz CT molecular complexity index is 194. The van der Waals surface area contributed by atoms with Gasteiger partial charge in [-0.25, -0.2) is 0 Å². The molecule has 1 fully saturated rings. The van der Waals surface area contributed by atoms with Gasteiger partial charge in [0.25, 0.3) is 0 Å². The lowest BCUT2D eigenvalue weighted by Gasteiger charge is -2.47. The van der Waals surface area contributed by atoms with Crippen LogP contribution in [-0.2, 0) is 0 Å². The van der Waals surface area contributed by atoms with E-state index in [0.717, 1.165) is 39.3 Å². The van der Waals surface area contributed by atoms with E-state index in [2.05, 4.69) is 23.6 Å². The first-order valence-electron chi connectivity index (χ1n) is 5.81. The van der Waals surface area contributed by atoms with Crippen LogP contribution in [-0.4, -0.2) is 65.8 Å². The predicted octanol–water partition coefficient (Wildman–Crippen LogP) is -0.278. The summed E-state index contributed by atoms with van der Waals surface area (Å²) in [6.07, 6.45) is -0.234. The van der Waals surface area contributed by atoms with E-state index in [1.807, 2.05) is 6.92 Å². The van der Waals surface area contributed by atoms with Gasteiger partial charge in [0.05, 0.1) is 6.10 Å². The fourth-order valence-electron chi connectivity index (χ4n) is 2.39. The van der Waals surface area contributed by atoms with Gasteiger partial charge < -0.3 is 10.8 Å². The molecule has 0 amide bonds. The van der Waals surface area contributed by atoms with Crippen molar-refractivity contribution >= 4 is 0 Å². The average Bonchev–Trinajstić information content (AvgIpc) is 2.08. The van der Waals surface area contributed by atoms with Gasteiger partial charge in [-0.3, -0.25) is 9.80 Å². The fourth-order valence-corrected chi connectivity index (χ4v) is 2.39. The zero-order chi connectivity index (χ0) is 11.5. The van der Waals surface area contributed by atoms with Crippen molar-refractivity contribution in [1.82, 2.24) is 9.80 Å². The van der Waals surface area contributed by atoms with Crippen molar-refractivity contribution in [3.63, 3.8) is 0 Å². The molecule has 1 unspecified atom stereocenters. The molecule has 4 nitrogen and oxygen atoms in total. The summed E-state index contributed by atoms with van der Waals surface area (Å²) in [6, 6.07) is 0. The molecule has 0 aromatic carbocycles. The molecule has 1 rings (SSSR count). The molecule has 0 saturated carbocycles. The zero-order valence-electron chi connectivity index (χ0n) is 10.2. The third-order valence-electron chi connectivity index (χ3n) is 3.07. The molecule has 15 heavy (non-hydrogen) atoms. The van der Waals surface area contributed by atoms with Crippen LogP contribution in [0.2, 0.25) is 0 Å². The molecule has 0 spiro atoms. The van der Waals surface area contributed by atoms with Crippen LogP contribution in [0.3, 0.4) is 0 Å². The molecule has 90 valence electrons. The summed E-state index contributed by atoms with van der Waals surface area (Å²) in [4.78, 5) is 4.77. The lowest BCUT2D eigenvalue weighted by molar-refractivity contribution is 0.00445. The standard InChI is InChI=1S/C11H25N3O/c1-10(15)8-13-6-7-14(5-4-12)11(2,3)9-13/h10,15H,4-9,12H2,1-3H3. The largest absolute Gasteiger partial charge is 0.392 e. The molecular weight excluding hydrogens is 190 g/mol. The van der Waals surface area contributed by atoms with E-state index in [1.54, 1.807) is 0 Å². The third-order valence-corrected chi connectivity index (χ3v) is 3.07. The molecule has 1 saturated heterocycles. The number of nitrogens with two attached hydrogens (primary N) is 1. The Labute approximate surface area is 93.0 Å². The topological polar surface area (TPSA) is 52.7 Å². The molecule has 1 aliphatic rings. The van der Waals surface area contributed by atoms with Crippen LogP contribution in [0.15, 0.2) is 0 Å². The minimum atomic E-state index is -0.234. The highest BCUT2D eigenvalue weighted by Crippen LogP contribution is 2.20. The second-order valence-electron chi connectivity index (χ2n) is 5.17. The summed E-state index contributed by atoms with van der Waals surface area (Å²) >= 11 is 0. The average molecular weight is 215 g/mol. The number of piperazine rings is 1. The van der Waals surface area contributed by atoms with Gasteiger partial charge in [-0.1, -0.05) is 0 Å². The maximum absolute atomic E-state index is 9.37. The van der Waals surface area contributed by atoms with Crippen LogP contribution in [0, 0.1) is 0 Å². The van der Waals surface area contributed by atoms with Crippen molar-refractivity contribution < 1.29 is 5.11 Å². The minimum absolute atomic E-state index is 0.173. The van der Waals surface area contributed by atoms with E-state index in [9.17, 15) is 5.11 Å². The number of hydrogen-bond donors (Lipinski definition) is 2. The highest BCUT2D eigenvalue weighted by Gasteiger charge is 2.32. The van der Waals surface area contributed by atoms with Gasteiger partial charge in [-0.2, -0.15) is 0 Å². The van der Waals surface area contributed by atoms with Crippen LogP contribution in [0.4, 0.5) is 0 Å². The molecule has 3 N–H and O–H groups in total. The maximum atomic E-state index is 9.37. The first kappa shape index (κ1) is 12.9. The van der Waals surface area contributed by atoms with Crippen LogP contribution in [0.25, 0.3) is 0 Å². The van der Waals surface area contributed by atoms with Crippen molar-refractivity contribution in [3.05, 3.63) is 0 Å². The fraction of sp³-hybridized carbons (Fsp3) is 1.00. The van der Waals surface area contributed by atoms with E-state index in [-0.39, 0.29) is 11.6 Å². The smallest absolute Gasteiger partial charge is 0.0639 e. The monoisotopic (exact) mass is 215 g/mol. The Balaban J connectivity index is 2.48. The van der Waals surface area contributed by atoms with Gasteiger partial charge in [0.2, 0.25) is 0 Å². The maximum Gasteiger partial charge on any atom is 0.0639 e. The second-order valence-corrected chi connectivity index (χ2v) is 5.17. The van der Waals surface area contributed by atoms with Crippen LogP contribution in [0.5, 0.6) is 0 Å². The van der Waals surface area contributed by atoms with Gasteiger partial charge in [-0.15, -0.1) is 0 Å². The molecule has 0 aliphatic carbocycles. The molecule has 1 atom stereocenters. The van der Waals surface area contributed by atoms with Crippen molar-refractivity contribution in [2.45, 2.75) is 32.4 Å². The molecule has 1 heterocycles. The van der Waals surface area contributed by atoms with Gasteiger partial charge in [-0.05, 0) is 20.8 Å². The van der Waals surface area contributed by atoms with Crippen LogP contribution >= 0.6 is 0 Å². The summed E-state index contributed by atoms with van der Waals surface area (Å²) in [5.74, 6) is 0. The number of hydrogen-bond acceptors (Lipinski definition) is 4. The third kappa shape index (κ3) is 3.72. The number of aliphatic hydroxyl groups is 1. The Morgan fingerprint density at radius 2 is 2.07 bits per heavy atom. The van der Waals surface area contributed by atoms with Crippen LogP contribution < -0.4 is 5.73 Å². The Kier molecular flexibility index (Phi) is 4.52. The normalized spacial score (nSPS) is 25.4. The van der Waals surface area contributed by atoms with Gasteiger partial charge >= 0.3 is 0 Å². The molecule has 0 bridgehead atoms. The first-order valence-corrected chi connectivity index (χ1v) is 5.81. The lowest BCUT2D eigenvalue weighted by atomic mass is 9.98. The summed E-state index contributed by atoms with van der Waals surface area (Å²) in [5.41, 5.74) is 5.77. The Morgan fingerprint density at radius 3 is 2.53 bits per heavy atom. The number of nitrogens with zero attached hydrogens (tertiary/aromatic N) is 2. The van der Waals surface area contributed by atoms with E-state index in [1.165, 1.54) is 0 Å². The quantitative estimate of drug-likeness (QED) is 0.677. The molecular formula is C11H25N3O.